The minimum Gasteiger partial charge on any atom is -0.481 e. The number of carboxylic acids is 4. The summed E-state index contributed by atoms with van der Waals surface area (Å²) in [5.74, 6) is -8.70. The molecular formula is C16H24N2O12. The molecule has 0 spiro atoms. The van der Waals surface area contributed by atoms with Gasteiger partial charge in [-0.2, -0.15) is 0 Å². The Morgan fingerprint density at radius 2 is 0.867 bits per heavy atom. The first-order valence-corrected chi connectivity index (χ1v) is 8.60. The maximum Gasteiger partial charge on any atom is 0.336 e. The lowest BCUT2D eigenvalue weighted by Crippen LogP contribution is -2.45. The van der Waals surface area contributed by atoms with Gasteiger partial charge in [0.25, 0.3) is 0 Å². The van der Waals surface area contributed by atoms with E-state index in [9.17, 15) is 39.0 Å². The smallest absolute Gasteiger partial charge is 0.336 e. The summed E-state index contributed by atoms with van der Waals surface area (Å²) in [6.07, 6.45) is -3.71. The van der Waals surface area contributed by atoms with E-state index in [1.807, 2.05) is 0 Å². The van der Waals surface area contributed by atoms with E-state index >= 15 is 0 Å². The van der Waals surface area contributed by atoms with Crippen molar-refractivity contribution in [2.45, 2.75) is 49.7 Å². The van der Waals surface area contributed by atoms with Crippen molar-refractivity contribution >= 4 is 35.7 Å². The third-order valence-corrected chi connectivity index (χ3v) is 3.84. The number of hydrogen-bond donors (Lipinski definition) is 8. The molecule has 0 heterocycles. The average molecular weight is 436 g/mol. The minimum atomic E-state index is -2.75. The van der Waals surface area contributed by atoms with Gasteiger partial charge in [-0.15, -0.1) is 0 Å². The topological polar surface area (TPSA) is 248 Å². The molecule has 170 valence electrons. The van der Waals surface area contributed by atoms with Crippen LogP contribution in [0.3, 0.4) is 0 Å². The molecule has 0 radical (unpaired) electrons. The molecule has 14 nitrogen and oxygen atoms in total. The Labute approximate surface area is 169 Å². The van der Waals surface area contributed by atoms with Crippen LogP contribution in [0.1, 0.15) is 38.5 Å². The van der Waals surface area contributed by atoms with Crippen LogP contribution in [0.15, 0.2) is 0 Å². The number of carbonyl (C=O) groups is 6. The lowest BCUT2D eigenvalue weighted by atomic mass is 9.95. The van der Waals surface area contributed by atoms with E-state index in [1.165, 1.54) is 0 Å². The molecule has 1 unspecified atom stereocenters. The summed E-state index contributed by atoms with van der Waals surface area (Å²) >= 11 is 0. The lowest BCUT2D eigenvalue weighted by Gasteiger charge is -2.21. The first-order valence-electron chi connectivity index (χ1n) is 8.60. The number of unbranched alkanes of at least 4 members (excludes halogenated alkanes) is 1. The van der Waals surface area contributed by atoms with E-state index < -0.39 is 72.6 Å². The first-order chi connectivity index (χ1) is 13.7. The van der Waals surface area contributed by atoms with E-state index in [0.29, 0.717) is 0 Å². The third-order valence-electron chi connectivity index (χ3n) is 3.84. The molecule has 8 N–H and O–H groups in total. The van der Waals surface area contributed by atoms with Crippen LogP contribution in [-0.2, 0) is 28.8 Å². The van der Waals surface area contributed by atoms with Crippen LogP contribution in [0.4, 0.5) is 0 Å². The largest absolute Gasteiger partial charge is 0.481 e. The summed E-state index contributed by atoms with van der Waals surface area (Å²) in [4.78, 5) is 66.4. The van der Waals surface area contributed by atoms with E-state index in [2.05, 4.69) is 10.6 Å². The fourth-order valence-electron chi connectivity index (χ4n) is 2.29. The van der Waals surface area contributed by atoms with Crippen LogP contribution < -0.4 is 10.6 Å². The summed E-state index contributed by atoms with van der Waals surface area (Å²) in [6.45, 7) is 0.0190. The van der Waals surface area contributed by atoms with Crippen LogP contribution in [0.5, 0.6) is 0 Å². The van der Waals surface area contributed by atoms with Crippen LogP contribution in [0, 0.1) is 0 Å². The first kappa shape index (κ1) is 26.7. The van der Waals surface area contributed by atoms with Gasteiger partial charge in [-0.3, -0.25) is 19.2 Å². The standard InChI is InChI=1S/C16H24N2O12/c19-9(5-15(29,13(25)26)7-11(21)22)17-3-1-2-4-18-10(20)6-16(30,14(27)28)8-12(23)24/h29-30H,1-8H2,(H,17,19)(H,18,20)(H,21,22)(H,23,24)(H,25,26)(H,27,28)/t15-,16?/m1/s1. The number of amides is 2. The van der Waals surface area contributed by atoms with E-state index in [-0.39, 0.29) is 25.9 Å². The fourth-order valence-corrected chi connectivity index (χ4v) is 2.29. The number of carboxylic acid groups (broad SMARTS) is 4. The molecule has 0 bridgehead atoms. The predicted octanol–water partition coefficient (Wildman–Crippen LogP) is -2.64. The van der Waals surface area contributed by atoms with Gasteiger partial charge in [-0.25, -0.2) is 9.59 Å². The number of aliphatic carboxylic acids is 4. The molecule has 2 atom stereocenters. The summed E-state index contributed by atoms with van der Waals surface area (Å²) in [7, 11) is 0. The zero-order valence-electron chi connectivity index (χ0n) is 15.8. The summed E-state index contributed by atoms with van der Waals surface area (Å²) in [6, 6.07) is 0. The maximum atomic E-state index is 11.7. The second-order valence-electron chi connectivity index (χ2n) is 6.58. The molecule has 0 saturated carbocycles. The van der Waals surface area contributed by atoms with E-state index in [4.69, 9.17) is 20.4 Å². The molecule has 0 fully saturated rings. The summed E-state index contributed by atoms with van der Waals surface area (Å²) < 4.78 is 0. The molecule has 0 saturated heterocycles. The Hall–Kier alpha value is -3.26. The summed E-state index contributed by atoms with van der Waals surface area (Å²) in [5, 5.41) is 59.0. The molecule has 0 aliphatic heterocycles. The highest BCUT2D eigenvalue weighted by Crippen LogP contribution is 2.17. The van der Waals surface area contributed by atoms with Crippen molar-refractivity contribution < 1.29 is 59.4 Å². The van der Waals surface area contributed by atoms with Crippen molar-refractivity contribution in [2.24, 2.45) is 0 Å². The fraction of sp³-hybridized carbons (Fsp3) is 0.625. The minimum absolute atomic E-state index is 0.00948. The summed E-state index contributed by atoms with van der Waals surface area (Å²) in [5.41, 5.74) is -5.50. The van der Waals surface area contributed by atoms with Crippen LogP contribution in [0.2, 0.25) is 0 Å². The van der Waals surface area contributed by atoms with E-state index in [1.54, 1.807) is 0 Å². The van der Waals surface area contributed by atoms with Crippen LogP contribution >= 0.6 is 0 Å². The highest BCUT2D eigenvalue weighted by atomic mass is 16.4. The Balaban J connectivity index is 4.27. The van der Waals surface area contributed by atoms with Crippen molar-refractivity contribution in [2.75, 3.05) is 13.1 Å². The van der Waals surface area contributed by atoms with Crippen LogP contribution in [-0.4, -0.2) is 90.6 Å². The normalized spacial score (nSPS) is 14.6. The number of nitrogens with one attached hydrogen (secondary N) is 2. The Morgan fingerprint density at radius 1 is 0.567 bits per heavy atom. The highest BCUT2D eigenvalue weighted by molar-refractivity contribution is 5.90. The molecule has 0 rings (SSSR count). The maximum absolute atomic E-state index is 11.7. The molecule has 0 aromatic carbocycles. The van der Waals surface area contributed by atoms with Gasteiger partial charge in [0.2, 0.25) is 11.8 Å². The average Bonchev–Trinajstić information content (AvgIpc) is 2.55. The molecule has 2 amide bonds. The van der Waals surface area contributed by atoms with Gasteiger partial charge in [-0.05, 0) is 12.8 Å². The van der Waals surface area contributed by atoms with Gasteiger partial charge in [-0.1, -0.05) is 0 Å². The van der Waals surface area contributed by atoms with E-state index in [0.717, 1.165) is 0 Å². The van der Waals surface area contributed by atoms with Crippen molar-refractivity contribution in [1.82, 2.24) is 10.6 Å². The number of aliphatic hydroxyl groups is 2. The Morgan fingerprint density at radius 3 is 1.10 bits per heavy atom. The number of carbonyl (C=O) groups excluding carboxylic acids is 2. The Bertz CT molecular complexity index is 636. The predicted molar refractivity (Wildman–Crippen MR) is 94.2 cm³/mol. The van der Waals surface area contributed by atoms with Gasteiger partial charge >= 0.3 is 23.9 Å². The molecule has 0 aliphatic carbocycles. The molecule has 0 aliphatic rings. The monoisotopic (exact) mass is 436 g/mol. The van der Waals surface area contributed by atoms with Crippen LogP contribution in [0.25, 0.3) is 0 Å². The second kappa shape index (κ2) is 11.7. The van der Waals surface area contributed by atoms with Gasteiger partial charge in [0.15, 0.2) is 11.2 Å². The lowest BCUT2D eigenvalue weighted by molar-refractivity contribution is -0.167. The molecule has 0 aromatic heterocycles. The van der Waals surface area contributed by atoms with Gasteiger partial charge < -0.3 is 41.3 Å². The highest BCUT2D eigenvalue weighted by Gasteiger charge is 2.41. The van der Waals surface area contributed by atoms with Gasteiger partial charge in [0.1, 0.15) is 0 Å². The zero-order chi connectivity index (χ0) is 23.5. The molecular weight excluding hydrogens is 412 g/mol. The number of hydrogen-bond acceptors (Lipinski definition) is 8. The SMILES string of the molecule is O=C(O)CC(O)(CC(=O)NCCCCNC(=O)C[C@@](O)(CC(=O)O)C(=O)O)C(=O)O. The molecule has 0 aromatic rings. The van der Waals surface area contributed by atoms with Gasteiger partial charge in [0.05, 0.1) is 25.7 Å². The second-order valence-corrected chi connectivity index (χ2v) is 6.58. The zero-order valence-corrected chi connectivity index (χ0v) is 15.8. The van der Waals surface area contributed by atoms with Crippen molar-refractivity contribution in [3.8, 4) is 0 Å². The number of rotatable bonds is 15. The van der Waals surface area contributed by atoms with Crippen molar-refractivity contribution in [3.63, 3.8) is 0 Å². The third kappa shape index (κ3) is 9.79. The van der Waals surface area contributed by atoms with Crippen molar-refractivity contribution in [1.29, 1.82) is 0 Å². The van der Waals surface area contributed by atoms with Gasteiger partial charge in [0, 0.05) is 13.1 Å². The quantitative estimate of drug-likeness (QED) is 0.123. The van der Waals surface area contributed by atoms with Crippen molar-refractivity contribution in [3.05, 3.63) is 0 Å². The molecule has 30 heavy (non-hydrogen) atoms. The Kier molecular flexibility index (Phi) is 10.4. The molecule has 14 heteroatoms.